The maximum Gasteiger partial charge on any atom is 0.257 e. The summed E-state index contributed by atoms with van der Waals surface area (Å²) in [7, 11) is 0. The number of aromatic nitrogens is 5. The van der Waals surface area contributed by atoms with Crippen molar-refractivity contribution in [1.82, 2.24) is 29.4 Å². The number of benzene rings is 1. The van der Waals surface area contributed by atoms with Gasteiger partial charge in [0.05, 0.1) is 23.5 Å². The maximum atomic E-state index is 13.2. The Morgan fingerprint density at radius 3 is 2.79 bits per heavy atom. The number of likely N-dealkylation sites (tertiary alicyclic amines) is 1. The highest BCUT2D eigenvalue weighted by molar-refractivity contribution is 5.94. The van der Waals surface area contributed by atoms with Crippen molar-refractivity contribution >= 4 is 5.91 Å². The van der Waals surface area contributed by atoms with Crippen LogP contribution in [0.2, 0.25) is 0 Å². The first-order valence-electron chi connectivity index (χ1n) is 10.1. The molecule has 3 aromatic rings. The van der Waals surface area contributed by atoms with E-state index in [0.717, 1.165) is 56.1 Å². The van der Waals surface area contributed by atoms with Gasteiger partial charge in [-0.2, -0.15) is 5.10 Å². The summed E-state index contributed by atoms with van der Waals surface area (Å²) in [6, 6.07) is 9.86. The first kappa shape index (κ1) is 17.2. The van der Waals surface area contributed by atoms with Crippen LogP contribution in [0.4, 0.5) is 0 Å². The van der Waals surface area contributed by atoms with Crippen molar-refractivity contribution in [1.29, 1.82) is 0 Å². The minimum atomic E-state index is 0.00641. The minimum Gasteiger partial charge on any atom is -0.328 e. The first-order chi connectivity index (χ1) is 13.8. The van der Waals surface area contributed by atoms with Crippen LogP contribution in [0.1, 0.15) is 60.2 Å². The molecule has 1 fully saturated rings. The zero-order valence-corrected chi connectivity index (χ0v) is 15.9. The van der Waals surface area contributed by atoms with Gasteiger partial charge in [0.15, 0.2) is 5.82 Å². The number of fused-ring (bicyclic) bond motifs is 1. The Morgan fingerprint density at radius 2 is 1.89 bits per heavy atom. The highest BCUT2D eigenvalue weighted by Gasteiger charge is 2.35. The molecular formula is C21H24N6O. The predicted molar refractivity (Wildman–Crippen MR) is 104 cm³/mol. The van der Waals surface area contributed by atoms with Crippen LogP contribution in [0.15, 0.2) is 42.7 Å². The van der Waals surface area contributed by atoms with E-state index >= 15 is 0 Å². The number of hydrogen-bond donors (Lipinski definition) is 0. The number of carbonyl (C=O) groups is 1. The van der Waals surface area contributed by atoms with E-state index in [4.69, 9.17) is 0 Å². The van der Waals surface area contributed by atoms with Crippen LogP contribution in [0.3, 0.4) is 0 Å². The fraction of sp³-hybridized carbons (Fsp3) is 0.429. The van der Waals surface area contributed by atoms with Gasteiger partial charge in [0.1, 0.15) is 5.82 Å². The molecule has 0 radical (unpaired) electrons. The van der Waals surface area contributed by atoms with Gasteiger partial charge in [-0.1, -0.05) is 24.6 Å². The highest BCUT2D eigenvalue weighted by atomic mass is 16.2. The summed E-state index contributed by atoms with van der Waals surface area (Å²) in [6.45, 7) is 1.71. The van der Waals surface area contributed by atoms with E-state index in [1.165, 1.54) is 12.8 Å². The van der Waals surface area contributed by atoms with Crippen molar-refractivity contribution in [3.63, 3.8) is 0 Å². The summed E-state index contributed by atoms with van der Waals surface area (Å²) in [4.78, 5) is 15.2. The van der Waals surface area contributed by atoms with Gasteiger partial charge in [-0.05, 0) is 37.8 Å². The maximum absolute atomic E-state index is 13.2. The van der Waals surface area contributed by atoms with E-state index in [9.17, 15) is 4.79 Å². The van der Waals surface area contributed by atoms with Gasteiger partial charge < -0.3 is 9.47 Å². The molecule has 0 bridgehead atoms. The fourth-order valence-electron chi connectivity index (χ4n) is 4.35. The monoisotopic (exact) mass is 376 g/mol. The lowest BCUT2D eigenvalue weighted by Gasteiger charge is -2.24. The van der Waals surface area contributed by atoms with Crippen molar-refractivity contribution in [2.24, 2.45) is 0 Å². The van der Waals surface area contributed by atoms with E-state index in [-0.39, 0.29) is 11.9 Å². The summed E-state index contributed by atoms with van der Waals surface area (Å²) in [6.07, 6.45) is 9.95. The van der Waals surface area contributed by atoms with Gasteiger partial charge >= 0.3 is 0 Å². The molecule has 1 aromatic carbocycles. The summed E-state index contributed by atoms with van der Waals surface area (Å²) < 4.78 is 4.01. The van der Waals surface area contributed by atoms with E-state index in [1.54, 1.807) is 10.9 Å². The molecular weight excluding hydrogens is 352 g/mol. The first-order valence-corrected chi connectivity index (χ1v) is 10.1. The average molecular weight is 376 g/mol. The largest absolute Gasteiger partial charge is 0.328 e. The molecule has 0 N–H and O–H groups in total. The van der Waals surface area contributed by atoms with Gasteiger partial charge in [-0.25, -0.2) is 4.68 Å². The van der Waals surface area contributed by atoms with Crippen LogP contribution in [-0.4, -0.2) is 41.9 Å². The summed E-state index contributed by atoms with van der Waals surface area (Å²) in [5, 5.41) is 13.3. The smallest absolute Gasteiger partial charge is 0.257 e. The molecule has 2 aliphatic heterocycles. The van der Waals surface area contributed by atoms with E-state index < -0.39 is 0 Å². The standard InChI is InChI=1S/C21H24N6O/c28-21(16-14-22-27(15-16)17-8-3-1-4-9-17)25-13-7-10-18(25)20-24-23-19-11-5-2-6-12-26(19)20/h1,3-4,8-9,14-15,18H,2,5-7,10-13H2. The van der Waals surface area contributed by atoms with Gasteiger partial charge in [0.25, 0.3) is 5.91 Å². The Morgan fingerprint density at radius 1 is 1.00 bits per heavy atom. The SMILES string of the molecule is O=C(c1cnn(-c2ccccc2)c1)N1CCCC1c1nnc2n1CCCCC2. The predicted octanol–water partition coefficient (Wildman–Crippen LogP) is 3.17. The fourth-order valence-corrected chi connectivity index (χ4v) is 4.35. The van der Waals surface area contributed by atoms with Crippen molar-refractivity contribution in [2.45, 2.75) is 51.1 Å². The van der Waals surface area contributed by atoms with Gasteiger partial charge in [-0.15, -0.1) is 10.2 Å². The Bertz CT molecular complexity index is 976. The molecule has 5 rings (SSSR count). The van der Waals surface area contributed by atoms with Crippen molar-refractivity contribution in [3.8, 4) is 5.69 Å². The molecule has 28 heavy (non-hydrogen) atoms. The summed E-state index contributed by atoms with van der Waals surface area (Å²) in [5.41, 5.74) is 1.56. The second-order valence-electron chi connectivity index (χ2n) is 7.60. The van der Waals surface area contributed by atoms with Crippen molar-refractivity contribution < 1.29 is 4.79 Å². The highest BCUT2D eigenvalue weighted by Crippen LogP contribution is 2.33. The number of carbonyl (C=O) groups excluding carboxylic acids is 1. The van der Waals surface area contributed by atoms with E-state index in [2.05, 4.69) is 19.9 Å². The topological polar surface area (TPSA) is 68.8 Å². The third-order valence-corrected chi connectivity index (χ3v) is 5.80. The number of nitrogens with zero attached hydrogens (tertiary/aromatic N) is 6. The number of amides is 1. The van der Waals surface area contributed by atoms with Gasteiger partial charge in [0, 0.05) is 25.7 Å². The third-order valence-electron chi connectivity index (χ3n) is 5.80. The zero-order chi connectivity index (χ0) is 18.9. The molecule has 0 aliphatic carbocycles. The average Bonchev–Trinajstić information content (AvgIpc) is 3.45. The molecule has 2 aromatic heterocycles. The lowest BCUT2D eigenvalue weighted by Crippen LogP contribution is -2.32. The van der Waals surface area contributed by atoms with E-state index in [0.29, 0.717) is 5.56 Å². The lowest BCUT2D eigenvalue weighted by atomic mass is 10.2. The van der Waals surface area contributed by atoms with Gasteiger partial charge in [0.2, 0.25) is 0 Å². The third kappa shape index (κ3) is 3.00. The molecule has 0 saturated carbocycles. The summed E-state index contributed by atoms with van der Waals surface area (Å²) >= 11 is 0. The van der Waals surface area contributed by atoms with E-state index in [1.807, 2.05) is 41.4 Å². The normalized spacial score (nSPS) is 19.4. The summed E-state index contributed by atoms with van der Waals surface area (Å²) in [5.74, 6) is 2.05. The molecule has 1 saturated heterocycles. The molecule has 7 nitrogen and oxygen atoms in total. The second kappa shape index (κ2) is 7.22. The van der Waals surface area contributed by atoms with Crippen LogP contribution >= 0.6 is 0 Å². The molecule has 1 atom stereocenters. The number of aryl methyl sites for hydroxylation is 1. The van der Waals surface area contributed by atoms with Crippen LogP contribution in [0, 0.1) is 0 Å². The Hall–Kier alpha value is -2.96. The Kier molecular flexibility index (Phi) is 4.43. The number of hydrogen-bond acceptors (Lipinski definition) is 4. The van der Waals surface area contributed by atoms with Crippen LogP contribution in [0.25, 0.3) is 5.69 Å². The lowest BCUT2D eigenvalue weighted by molar-refractivity contribution is 0.0727. The molecule has 1 unspecified atom stereocenters. The quantitative estimate of drug-likeness (QED) is 0.704. The molecule has 144 valence electrons. The second-order valence-corrected chi connectivity index (χ2v) is 7.60. The van der Waals surface area contributed by atoms with Crippen molar-refractivity contribution in [2.75, 3.05) is 6.54 Å². The molecule has 1 amide bonds. The van der Waals surface area contributed by atoms with Crippen LogP contribution in [-0.2, 0) is 13.0 Å². The Labute approximate surface area is 164 Å². The van der Waals surface area contributed by atoms with Crippen LogP contribution in [0.5, 0.6) is 0 Å². The number of rotatable bonds is 3. The Balaban J connectivity index is 1.41. The molecule has 0 spiro atoms. The zero-order valence-electron chi connectivity index (χ0n) is 15.9. The van der Waals surface area contributed by atoms with Crippen LogP contribution < -0.4 is 0 Å². The van der Waals surface area contributed by atoms with Gasteiger partial charge in [-0.3, -0.25) is 4.79 Å². The minimum absolute atomic E-state index is 0.00641. The molecule has 4 heterocycles. The molecule has 7 heteroatoms. The molecule has 2 aliphatic rings. The number of para-hydroxylation sites is 1. The van der Waals surface area contributed by atoms with Crippen molar-refractivity contribution in [3.05, 3.63) is 59.9 Å².